The van der Waals surface area contributed by atoms with Crippen molar-refractivity contribution in [1.29, 1.82) is 0 Å². The van der Waals surface area contributed by atoms with Gasteiger partial charge in [0.15, 0.2) is 0 Å². The first-order valence-electron chi connectivity index (χ1n) is 6.62. The third-order valence-corrected chi connectivity index (χ3v) is 3.26. The van der Waals surface area contributed by atoms with E-state index in [-0.39, 0.29) is 0 Å². The molecule has 1 saturated heterocycles. The SMILES string of the molecule is CCCN(CC1CCCNC1)c1ccncn1. The maximum Gasteiger partial charge on any atom is 0.131 e. The van der Waals surface area contributed by atoms with Crippen LogP contribution in [0.15, 0.2) is 18.6 Å². The van der Waals surface area contributed by atoms with Crippen LogP contribution in [-0.2, 0) is 0 Å². The number of nitrogens with one attached hydrogen (secondary N) is 1. The lowest BCUT2D eigenvalue weighted by molar-refractivity contribution is 0.376. The van der Waals surface area contributed by atoms with Crippen LogP contribution >= 0.6 is 0 Å². The van der Waals surface area contributed by atoms with Gasteiger partial charge in [-0.2, -0.15) is 0 Å². The number of piperidine rings is 1. The molecule has 2 rings (SSSR count). The highest BCUT2D eigenvalue weighted by molar-refractivity contribution is 5.36. The lowest BCUT2D eigenvalue weighted by Gasteiger charge is -2.30. The summed E-state index contributed by atoms with van der Waals surface area (Å²) in [5.41, 5.74) is 0. The summed E-state index contributed by atoms with van der Waals surface area (Å²) in [7, 11) is 0. The lowest BCUT2D eigenvalue weighted by atomic mass is 9.99. The van der Waals surface area contributed by atoms with E-state index >= 15 is 0 Å². The molecular weight excluding hydrogens is 212 g/mol. The van der Waals surface area contributed by atoms with Gasteiger partial charge in [-0.1, -0.05) is 6.92 Å². The molecule has 17 heavy (non-hydrogen) atoms. The zero-order chi connectivity index (χ0) is 11.9. The molecular formula is C13H22N4. The molecule has 1 aliphatic heterocycles. The first kappa shape index (κ1) is 12.3. The summed E-state index contributed by atoms with van der Waals surface area (Å²) in [5.74, 6) is 1.82. The fourth-order valence-electron chi connectivity index (χ4n) is 2.43. The summed E-state index contributed by atoms with van der Waals surface area (Å²) >= 11 is 0. The Hall–Kier alpha value is -1.16. The molecule has 0 aromatic carbocycles. The van der Waals surface area contributed by atoms with Crippen LogP contribution in [0.5, 0.6) is 0 Å². The van der Waals surface area contributed by atoms with E-state index in [0.717, 1.165) is 37.8 Å². The second kappa shape index (κ2) is 6.55. The molecule has 0 aliphatic carbocycles. The molecule has 94 valence electrons. The van der Waals surface area contributed by atoms with Crippen LogP contribution in [0.4, 0.5) is 5.82 Å². The minimum atomic E-state index is 0.755. The van der Waals surface area contributed by atoms with Crippen LogP contribution in [0.1, 0.15) is 26.2 Å². The summed E-state index contributed by atoms with van der Waals surface area (Å²) in [6.45, 7) is 6.72. The van der Waals surface area contributed by atoms with Gasteiger partial charge in [-0.25, -0.2) is 9.97 Å². The van der Waals surface area contributed by atoms with Crippen molar-refractivity contribution in [3.8, 4) is 0 Å². The fourth-order valence-corrected chi connectivity index (χ4v) is 2.43. The minimum Gasteiger partial charge on any atom is -0.356 e. The molecule has 2 heterocycles. The van der Waals surface area contributed by atoms with Gasteiger partial charge in [-0.15, -0.1) is 0 Å². The predicted molar refractivity (Wildman–Crippen MR) is 70.1 cm³/mol. The summed E-state index contributed by atoms with van der Waals surface area (Å²) in [6.07, 6.45) is 7.25. The monoisotopic (exact) mass is 234 g/mol. The maximum atomic E-state index is 4.36. The summed E-state index contributed by atoms with van der Waals surface area (Å²) < 4.78 is 0. The Morgan fingerprint density at radius 2 is 2.47 bits per heavy atom. The van der Waals surface area contributed by atoms with Gasteiger partial charge in [0.1, 0.15) is 12.1 Å². The van der Waals surface area contributed by atoms with Gasteiger partial charge < -0.3 is 10.2 Å². The van der Waals surface area contributed by atoms with Gasteiger partial charge in [0.05, 0.1) is 0 Å². The average molecular weight is 234 g/mol. The summed E-state index contributed by atoms with van der Waals surface area (Å²) in [6, 6.07) is 2.01. The number of anilines is 1. The topological polar surface area (TPSA) is 41.0 Å². The molecule has 1 N–H and O–H groups in total. The van der Waals surface area contributed by atoms with Crippen LogP contribution in [0, 0.1) is 5.92 Å². The van der Waals surface area contributed by atoms with Crippen LogP contribution in [0.2, 0.25) is 0 Å². The molecule has 0 bridgehead atoms. The number of hydrogen-bond acceptors (Lipinski definition) is 4. The van der Waals surface area contributed by atoms with Crippen molar-refractivity contribution in [2.45, 2.75) is 26.2 Å². The highest BCUT2D eigenvalue weighted by atomic mass is 15.2. The zero-order valence-electron chi connectivity index (χ0n) is 10.6. The van der Waals surface area contributed by atoms with E-state index in [1.807, 2.05) is 12.3 Å². The van der Waals surface area contributed by atoms with Gasteiger partial charge in [0.25, 0.3) is 0 Å². The van der Waals surface area contributed by atoms with E-state index in [0.29, 0.717) is 0 Å². The molecule has 0 spiro atoms. The molecule has 4 nitrogen and oxygen atoms in total. The van der Waals surface area contributed by atoms with Crippen molar-refractivity contribution in [2.24, 2.45) is 5.92 Å². The van der Waals surface area contributed by atoms with Gasteiger partial charge in [-0.3, -0.25) is 0 Å². The molecule has 0 radical (unpaired) electrons. The van der Waals surface area contributed by atoms with Crippen LogP contribution < -0.4 is 10.2 Å². The number of nitrogens with zero attached hydrogens (tertiary/aromatic N) is 3. The highest BCUT2D eigenvalue weighted by Crippen LogP contribution is 2.16. The van der Waals surface area contributed by atoms with Gasteiger partial charge in [-0.05, 0) is 44.3 Å². The first-order chi connectivity index (χ1) is 8.40. The number of hydrogen-bond donors (Lipinski definition) is 1. The molecule has 1 fully saturated rings. The van der Waals surface area contributed by atoms with E-state index in [1.54, 1.807) is 6.33 Å². The Kier molecular flexibility index (Phi) is 4.74. The van der Waals surface area contributed by atoms with Gasteiger partial charge in [0.2, 0.25) is 0 Å². The minimum absolute atomic E-state index is 0.755. The maximum absolute atomic E-state index is 4.36. The molecule has 1 aliphatic rings. The van der Waals surface area contributed by atoms with E-state index in [2.05, 4.69) is 27.1 Å². The quantitative estimate of drug-likeness (QED) is 0.842. The van der Waals surface area contributed by atoms with Crippen LogP contribution in [0.25, 0.3) is 0 Å². The lowest BCUT2D eigenvalue weighted by Crippen LogP contribution is -2.39. The predicted octanol–water partition coefficient (Wildman–Crippen LogP) is 1.69. The molecule has 1 atom stereocenters. The first-order valence-corrected chi connectivity index (χ1v) is 6.62. The fraction of sp³-hybridized carbons (Fsp3) is 0.692. The second-order valence-corrected chi connectivity index (χ2v) is 4.73. The van der Waals surface area contributed by atoms with E-state index in [9.17, 15) is 0 Å². The Morgan fingerprint density at radius 1 is 1.53 bits per heavy atom. The largest absolute Gasteiger partial charge is 0.356 e. The number of aromatic nitrogens is 2. The van der Waals surface area contributed by atoms with Crippen molar-refractivity contribution < 1.29 is 0 Å². The molecule has 4 heteroatoms. The third-order valence-electron chi connectivity index (χ3n) is 3.26. The summed E-state index contributed by atoms with van der Waals surface area (Å²) in [4.78, 5) is 10.7. The normalized spacial score (nSPS) is 20.2. The van der Waals surface area contributed by atoms with Crippen LogP contribution in [-0.4, -0.2) is 36.1 Å². The van der Waals surface area contributed by atoms with Crippen molar-refractivity contribution in [2.75, 3.05) is 31.1 Å². The molecule has 0 amide bonds. The Bertz CT molecular complexity index is 308. The zero-order valence-corrected chi connectivity index (χ0v) is 10.6. The van der Waals surface area contributed by atoms with Gasteiger partial charge in [0, 0.05) is 19.3 Å². The van der Waals surface area contributed by atoms with Crippen LogP contribution in [0.3, 0.4) is 0 Å². The van der Waals surface area contributed by atoms with E-state index < -0.39 is 0 Å². The van der Waals surface area contributed by atoms with E-state index in [4.69, 9.17) is 0 Å². The molecule has 1 aromatic heterocycles. The van der Waals surface area contributed by atoms with Crippen molar-refractivity contribution >= 4 is 5.82 Å². The number of rotatable bonds is 5. The summed E-state index contributed by atoms with van der Waals surface area (Å²) in [5, 5.41) is 3.47. The van der Waals surface area contributed by atoms with Crippen molar-refractivity contribution in [3.63, 3.8) is 0 Å². The Labute approximate surface area is 103 Å². The molecule has 0 saturated carbocycles. The van der Waals surface area contributed by atoms with Crippen molar-refractivity contribution in [1.82, 2.24) is 15.3 Å². The van der Waals surface area contributed by atoms with Crippen molar-refractivity contribution in [3.05, 3.63) is 18.6 Å². The third kappa shape index (κ3) is 3.66. The molecule has 1 aromatic rings. The molecule has 1 unspecified atom stereocenters. The Balaban J connectivity index is 1.96. The second-order valence-electron chi connectivity index (χ2n) is 4.73. The van der Waals surface area contributed by atoms with E-state index in [1.165, 1.54) is 19.4 Å². The highest BCUT2D eigenvalue weighted by Gasteiger charge is 2.17. The Morgan fingerprint density at radius 3 is 3.12 bits per heavy atom. The standard InChI is InChI=1S/C13H22N4/c1-2-8-17(13-5-7-15-11-16-13)10-12-4-3-6-14-9-12/h5,7,11-12,14H,2-4,6,8-10H2,1H3. The smallest absolute Gasteiger partial charge is 0.131 e. The van der Waals surface area contributed by atoms with Gasteiger partial charge >= 0.3 is 0 Å². The average Bonchev–Trinajstić information content (AvgIpc) is 2.40.